The van der Waals surface area contributed by atoms with Crippen LogP contribution in [0.25, 0.3) is 0 Å². The Morgan fingerprint density at radius 3 is 3.21 bits per heavy atom. The second-order valence-corrected chi connectivity index (χ2v) is 3.14. The SMILES string of the molecule is O=C=NC1COc2cc(F)ccc2C1. The fraction of sp³-hybridized carbons (Fsp3) is 0.300. The molecule has 1 aromatic carbocycles. The molecule has 1 atom stereocenters. The van der Waals surface area contributed by atoms with Crippen LogP contribution in [0.2, 0.25) is 0 Å². The highest BCUT2D eigenvalue weighted by Crippen LogP contribution is 2.26. The van der Waals surface area contributed by atoms with Gasteiger partial charge in [-0.3, -0.25) is 0 Å². The Balaban J connectivity index is 2.27. The van der Waals surface area contributed by atoms with Crippen molar-refractivity contribution in [3.63, 3.8) is 0 Å². The van der Waals surface area contributed by atoms with E-state index in [1.54, 1.807) is 6.07 Å². The number of hydrogen-bond acceptors (Lipinski definition) is 3. The normalized spacial score (nSPS) is 19.1. The number of carbonyl (C=O) groups excluding carboxylic acids is 1. The van der Waals surface area contributed by atoms with E-state index in [1.165, 1.54) is 18.2 Å². The molecular weight excluding hydrogens is 185 g/mol. The van der Waals surface area contributed by atoms with Gasteiger partial charge in [0.05, 0.1) is 0 Å². The summed E-state index contributed by atoms with van der Waals surface area (Å²) in [5, 5.41) is 0. The molecule has 72 valence electrons. The number of nitrogens with zero attached hydrogens (tertiary/aromatic N) is 1. The molecule has 1 heterocycles. The molecule has 0 fully saturated rings. The van der Waals surface area contributed by atoms with Crippen molar-refractivity contribution in [1.82, 2.24) is 0 Å². The fourth-order valence-electron chi connectivity index (χ4n) is 1.49. The van der Waals surface area contributed by atoms with Gasteiger partial charge in [-0.15, -0.1) is 0 Å². The number of ether oxygens (including phenoxy) is 1. The van der Waals surface area contributed by atoms with Crippen molar-refractivity contribution in [2.45, 2.75) is 12.5 Å². The van der Waals surface area contributed by atoms with Crippen LogP contribution in [0.5, 0.6) is 5.75 Å². The first kappa shape index (κ1) is 8.91. The van der Waals surface area contributed by atoms with E-state index in [2.05, 4.69) is 4.99 Å². The van der Waals surface area contributed by atoms with E-state index >= 15 is 0 Å². The average molecular weight is 193 g/mol. The third kappa shape index (κ3) is 1.65. The predicted molar refractivity (Wildman–Crippen MR) is 47.5 cm³/mol. The summed E-state index contributed by atoms with van der Waals surface area (Å²) in [4.78, 5) is 13.6. The van der Waals surface area contributed by atoms with Crippen LogP contribution in [0.4, 0.5) is 4.39 Å². The van der Waals surface area contributed by atoms with E-state index < -0.39 is 0 Å². The van der Waals surface area contributed by atoms with E-state index in [9.17, 15) is 9.18 Å². The summed E-state index contributed by atoms with van der Waals surface area (Å²) in [6, 6.07) is 4.17. The maximum atomic E-state index is 12.8. The zero-order valence-corrected chi connectivity index (χ0v) is 7.37. The molecule has 0 aromatic heterocycles. The van der Waals surface area contributed by atoms with Crippen molar-refractivity contribution in [1.29, 1.82) is 0 Å². The van der Waals surface area contributed by atoms with Gasteiger partial charge < -0.3 is 4.74 Å². The Morgan fingerprint density at radius 1 is 1.57 bits per heavy atom. The molecule has 0 aliphatic carbocycles. The molecule has 4 heteroatoms. The first-order valence-corrected chi connectivity index (χ1v) is 4.28. The molecular formula is C10H8FNO2. The number of isocyanates is 1. The highest BCUT2D eigenvalue weighted by Gasteiger charge is 2.19. The Bertz CT molecular complexity index is 399. The molecule has 0 N–H and O–H groups in total. The number of halogens is 1. The first-order chi connectivity index (χ1) is 6.79. The van der Waals surface area contributed by atoms with Crippen LogP contribution in [0, 0.1) is 5.82 Å². The smallest absolute Gasteiger partial charge is 0.235 e. The monoisotopic (exact) mass is 193 g/mol. The number of rotatable bonds is 1. The van der Waals surface area contributed by atoms with Crippen LogP contribution in [-0.2, 0) is 11.2 Å². The van der Waals surface area contributed by atoms with Gasteiger partial charge in [0.15, 0.2) is 0 Å². The third-order valence-corrected chi connectivity index (χ3v) is 2.15. The molecule has 1 aliphatic rings. The van der Waals surface area contributed by atoms with E-state index in [4.69, 9.17) is 4.74 Å². The van der Waals surface area contributed by atoms with Crippen LogP contribution in [0.15, 0.2) is 23.2 Å². The summed E-state index contributed by atoms with van der Waals surface area (Å²) < 4.78 is 18.0. The van der Waals surface area contributed by atoms with Crippen molar-refractivity contribution in [2.75, 3.05) is 6.61 Å². The van der Waals surface area contributed by atoms with E-state index in [0.717, 1.165) is 5.56 Å². The van der Waals surface area contributed by atoms with E-state index in [-0.39, 0.29) is 11.9 Å². The molecule has 3 nitrogen and oxygen atoms in total. The van der Waals surface area contributed by atoms with Crippen LogP contribution in [0.3, 0.4) is 0 Å². The summed E-state index contributed by atoms with van der Waals surface area (Å²) in [5.74, 6) is 0.225. The molecule has 0 spiro atoms. The van der Waals surface area contributed by atoms with Gasteiger partial charge in [0.1, 0.15) is 24.2 Å². The van der Waals surface area contributed by atoms with Gasteiger partial charge in [-0.2, -0.15) is 4.99 Å². The van der Waals surface area contributed by atoms with Crippen molar-refractivity contribution < 1.29 is 13.9 Å². The number of aliphatic imine (C=N–C) groups is 1. The molecule has 0 bridgehead atoms. The molecule has 0 radical (unpaired) electrons. The largest absolute Gasteiger partial charge is 0.491 e. The Kier molecular flexibility index (Phi) is 2.29. The third-order valence-electron chi connectivity index (χ3n) is 2.15. The molecule has 0 saturated carbocycles. The van der Waals surface area contributed by atoms with Gasteiger partial charge in [-0.05, 0) is 11.6 Å². The van der Waals surface area contributed by atoms with Gasteiger partial charge in [0, 0.05) is 12.5 Å². The van der Waals surface area contributed by atoms with Crippen LogP contribution in [-0.4, -0.2) is 18.7 Å². The second kappa shape index (κ2) is 3.60. The summed E-state index contributed by atoms with van der Waals surface area (Å²) in [7, 11) is 0. The maximum absolute atomic E-state index is 12.8. The lowest BCUT2D eigenvalue weighted by molar-refractivity contribution is 0.263. The van der Waals surface area contributed by atoms with Crippen molar-refractivity contribution in [3.8, 4) is 5.75 Å². The van der Waals surface area contributed by atoms with E-state index in [1.807, 2.05) is 0 Å². The van der Waals surface area contributed by atoms with Gasteiger partial charge >= 0.3 is 0 Å². The van der Waals surface area contributed by atoms with Crippen molar-refractivity contribution in [2.24, 2.45) is 4.99 Å². The van der Waals surface area contributed by atoms with Crippen LogP contribution >= 0.6 is 0 Å². The molecule has 0 amide bonds. The Hall–Kier alpha value is -1.67. The van der Waals surface area contributed by atoms with Crippen molar-refractivity contribution in [3.05, 3.63) is 29.6 Å². The lowest BCUT2D eigenvalue weighted by atomic mass is 10.0. The summed E-state index contributed by atoms with van der Waals surface area (Å²) in [5.41, 5.74) is 0.877. The minimum Gasteiger partial charge on any atom is -0.491 e. The lowest BCUT2D eigenvalue weighted by Crippen LogP contribution is -2.24. The Morgan fingerprint density at radius 2 is 2.43 bits per heavy atom. The molecule has 2 rings (SSSR count). The predicted octanol–water partition coefficient (Wildman–Crippen LogP) is 1.47. The summed E-state index contributed by atoms with van der Waals surface area (Å²) >= 11 is 0. The Labute approximate surface area is 80.2 Å². The minimum atomic E-state index is -0.318. The minimum absolute atomic E-state index is 0.189. The molecule has 0 saturated heterocycles. The first-order valence-electron chi connectivity index (χ1n) is 4.28. The molecule has 14 heavy (non-hydrogen) atoms. The maximum Gasteiger partial charge on any atom is 0.235 e. The van der Waals surface area contributed by atoms with Gasteiger partial charge in [0.25, 0.3) is 0 Å². The molecule has 1 unspecified atom stereocenters. The van der Waals surface area contributed by atoms with Crippen molar-refractivity contribution >= 4 is 6.08 Å². The lowest BCUT2D eigenvalue weighted by Gasteiger charge is -2.21. The standard InChI is InChI=1S/C10H8FNO2/c11-8-2-1-7-3-9(12-6-13)5-14-10(7)4-8/h1-2,4,9H,3,5H2. The van der Waals surface area contributed by atoms with E-state index in [0.29, 0.717) is 18.8 Å². The zero-order valence-electron chi connectivity index (χ0n) is 7.37. The van der Waals surface area contributed by atoms with Crippen LogP contribution in [0.1, 0.15) is 5.56 Å². The zero-order chi connectivity index (χ0) is 9.97. The van der Waals surface area contributed by atoms with Gasteiger partial charge in [-0.1, -0.05) is 6.07 Å². The van der Waals surface area contributed by atoms with Crippen LogP contribution < -0.4 is 4.74 Å². The molecule has 1 aliphatic heterocycles. The summed E-state index contributed by atoms with van der Waals surface area (Å²) in [6.45, 7) is 0.311. The van der Waals surface area contributed by atoms with Gasteiger partial charge in [-0.25, -0.2) is 9.18 Å². The quantitative estimate of drug-likeness (QED) is 0.500. The highest BCUT2D eigenvalue weighted by atomic mass is 19.1. The number of fused-ring (bicyclic) bond motifs is 1. The fourth-order valence-corrected chi connectivity index (χ4v) is 1.49. The summed E-state index contributed by atoms with van der Waals surface area (Å²) in [6.07, 6.45) is 2.10. The van der Waals surface area contributed by atoms with Gasteiger partial charge in [0.2, 0.25) is 6.08 Å². The second-order valence-electron chi connectivity index (χ2n) is 3.14. The average Bonchev–Trinajstić information content (AvgIpc) is 2.19. The number of hydrogen-bond donors (Lipinski definition) is 0. The molecule has 1 aromatic rings. The highest BCUT2D eigenvalue weighted by molar-refractivity contribution is 5.38. The topological polar surface area (TPSA) is 38.7 Å². The number of benzene rings is 1.